The largest absolute Gasteiger partial charge is 0.334 e. The van der Waals surface area contributed by atoms with E-state index in [0.29, 0.717) is 11.7 Å². The molecule has 18 heavy (non-hydrogen) atoms. The molecule has 0 unspecified atom stereocenters. The Bertz CT molecular complexity index is 493. The van der Waals surface area contributed by atoms with Gasteiger partial charge < -0.3 is 9.84 Å². The van der Waals surface area contributed by atoms with E-state index in [9.17, 15) is 0 Å². The molecule has 1 saturated heterocycles. The molecule has 1 fully saturated rings. The fraction of sp³-hybridized carbons (Fsp3) is 0.455. The van der Waals surface area contributed by atoms with Crippen molar-refractivity contribution in [2.45, 2.75) is 6.54 Å². The van der Waals surface area contributed by atoms with E-state index < -0.39 is 0 Å². The van der Waals surface area contributed by atoms with Crippen molar-refractivity contribution < 1.29 is 4.52 Å². The summed E-state index contributed by atoms with van der Waals surface area (Å²) in [5.41, 5.74) is 0.747. The third-order valence-corrected chi connectivity index (χ3v) is 2.85. The molecule has 0 atom stereocenters. The number of aromatic nitrogens is 4. The average molecular weight is 246 g/mol. The van der Waals surface area contributed by atoms with Gasteiger partial charge in [-0.1, -0.05) is 5.16 Å². The molecule has 0 saturated carbocycles. The van der Waals surface area contributed by atoms with Gasteiger partial charge >= 0.3 is 0 Å². The molecule has 2 aromatic rings. The van der Waals surface area contributed by atoms with Gasteiger partial charge in [-0.2, -0.15) is 4.98 Å². The molecule has 0 bridgehead atoms. The van der Waals surface area contributed by atoms with Gasteiger partial charge in [0.05, 0.1) is 12.1 Å². The van der Waals surface area contributed by atoms with Crippen LogP contribution in [0.5, 0.6) is 0 Å². The Balaban J connectivity index is 1.69. The van der Waals surface area contributed by atoms with Crippen molar-refractivity contribution in [3.8, 4) is 11.5 Å². The zero-order valence-corrected chi connectivity index (χ0v) is 9.91. The summed E-state index contributed by atoms with van der Waals surface area (Å²) in [6.45, 7) is 4.77. The minimum absolute atomic E-state index is 0.473. The zero-order chi connectivity index (χ0) is 12.2. The van der Waals surface area contributed by atoms with Gasteiger partial charge in [0.15, 0.2) is 5.82 Å². The van der Waals surface area contributed by atoms with Crippen molar-refractivity contribution in [2.24, 2.45) is 0 Å². The minimum Gasteiger partial charge on any atom is -0.334 e. The number of hydrogen-bond donors (Lipinski definition) is 1. The SMILES string of the molecule is c1ncc(-c2nc(CN3CCNCC3)no2)cn1. The summed E-state index contributed by atoms with van der Waals surface area (Å²) in [5, 5.41) is 7.29. The van der Waals surface area contributed by atoms with E-state index in [1.807, 2.05) is 0 Å². The lowest BCUT2D eigenvalue weighted by Crippen LogP contribution is -2.43. The van der Waals surface area contributed by atoms with Gasteiger partial charge in [-0.15, -0.1) is 0 Å². The lowest BCUT2D eigenvalue weighted by molar-refractivity contribution is 0.225. The Morgan fingerprint density at radius 1 is 1.22 bits per heavy atom. The first kappa shape index (κ1) is 11.2. The molecule has 94 valence electrons. The van der Waals surface area contributed by atoms with E-state index in [1.165, 1.54) is 6.33 Å². The summed E-state index contributed by atoms with van der Waals surface area (Å²) < 4.78 is 5.21. The zero-order valence-electron chi connectivity index (χ0n) is 9.91. The van der Waals surface area contributed by atoms with Crippen LogP contribution in [-0.4, -0.2) is 51.2 Å². The van der Waals surface area contributed by atoms with E-state index in [4.69, 9.17) is 4.52 Å². The van der Waals surface area contributed by atoms with Gasteiger partial charge in [0.25, 0.3) is 5.89 Å². The van der Waals surface area contributed by atoms with Crippen molar-refractivity contribution in [3.63, 3.8) is 0 Å². The number of nitrogens with zero attached hydrogens (tertiary/aromatic N) is 5. The maximum atomic E-state index is 5.21. The first-order chi connectivity index (χ1) is 8.92. The number of nitrogens with one attached hydrogen (secondary N) is 1. The lowest BCUT2D eigenvalue weighted by Gasteiger charge is -2.25. The van der Waals surface area contributed by atoms with Crippen LogP contribution in [0.1, 0.15) is 5.82 Å². The number of piperazine rings is 1. The summed E-state index contributed by atoms with van der Waals surface area (Å²) in [5.74, 6) is 1.18. The molecule has 3 rings (SSSR count). The molecule has 0 radical (unpaired) electrons. The van der Waals surface area contributed by atoms with Crippen molar-refractivity contribution >= 4 is 0 Å². The second kappa shape index (κ2) is 5.19. The van der Waals surface area contributed by atoms with Crippen LogP contribution >= 0.6 is 0 Å². The smallest absolute Gasteiger partial charge is 0.261 e. The Morgan fingerprint density at radius 2 is 2.00 bits per heavy atom. The Labute approximate surface area is 104 Å². The van der Waals surface area contributed by atoms with Crippen LogP contribution in [0.2, 0.25) is 0 Å². The van der Waals surface area contributed by atoms with Crippen molar-refractivity contribution in [3.05, 3.63) is 24.5 Å². The monoisotopic (exact) mass is 246 g/mol. The molecule has 3 heterocycles. The lowest BCUT2D eigenvalue weighted by atomic mass is 10.3. The summed E-state index contributed by atoms with van der Waals surface area (Å²) in [4.78, 5) is 14.5. The van der Waals surface area contributed by atoms with Crippen molar-refractivity contribution in [2.75, 3.05) is 26.2 Å². The minimum atomic E-state index is 0.473. The summed E-state index contributed by atoms with van der Waals surface area (Å²) >= 11 is 0. The summed E-state index contributed by atoms with van der Waals surface area (Å²) in [7, 11) is 0. The van der Waals surface area contributed by atoms with Gasteiger partial charge in [-0.05, 0) is 0 Å². The Kier molecular flexibility index (Phi) is 3.24. The molecule has 0 spiro atoms. The normalized spacial score (nSPS) is 16.9. The highest BCUT2D eigenvalue weighted by molar-refractivity contribution is 5.48. The van der Waals surface area contributed by atoms with Gasteiger partial charge in [0, 0.05) is 38.6 Å². The van der Waals surface area contributed by atoms with Crippen LogP contribution in [0, 0.1) is 0 Å². The van der Waals surface area contributed by atoms with Crippen LogP contribution in [0.3, 0.4) is 0 Å². The standard InChI is InChI=1S/C11H14N6O/c1-3-17(4-2-12-1)7-10-15-11(18-16-10)9-5-13-8-14-6-9/h5-6,8,12H,1-4,7H2. The topological polar surface area (TPSA) is 80.0 Å². The predicted octanol–water partition coefficient (Wildman–Crippen LogP) is -0.0682. The molecular formula is C11H14N6O. The molecule has 0 aromatic carbocycles. The van der Waals surface area contributed by atoms with Crippen LogP contribution in [0.15, 0.2) is 23.2 Å². The molecule has 0 aliphatic carbocycles. The molecule has 7 heteroatoms. The van der Waals surface area contributed by atoms with Crippen molar-refractivity contribution in [1.82, 2.24) is 30.3 Å². The Morgan fingerprint density at radius 3 is 2.78 bits per heavy atom. The molecule has 1 N–H and O–H groups in total. The quantitative estimate of drug-likeness (QED) is 0.812. The average Bonchev–Trinajstić information content (AvgIpc) is 2.89. The highest BCUT2D eigenvalue weighted by Gasteiger charge is 2.14. The van der Waals surface area contributed by atoms with Crippen LogP contribution < -0.4 is 5.32 Å². The molecule has 1 aliphatic heterocycles. The summed E-state index contributed by atoms with van der Waals surface area (Å²) in [6, 6.07) is 0. The number of hydrogen-bond acceptors (Lipinski definition) is 7. The maximum absolute atomic E-state index is 5.21. The van der Waals surface area contributed by atoms with Gasteiger partial charge in [-0.3, -0.25) is 4.90 Å². The highest BCUT2D eigenvalue weighted by Crippen LogP contribution is 2.14. The van der Waals surface area contributed by atoms with E-state index in [0.717, 1.165) is 38.3 Å². The van der Waals surface area contributed by atoms with E-state index in [1.54, 1.807) is 12.4 Å². The van der Waals surface area contributed by atoms with Crippen LogP contribution in [0.4, 0.5) is 0 Å². The van der Waals surface area contributed by atoms with Crippen LogP contribution in [-0.2, 0) is 6.54 Å². The third kappa shape index (κ3) is 2.52. The molecule has 1 aliphatic rings. The second-order valence-corrected chi connectivity index (χ2v) is 4.17. The third-order valence-electron chi connectivity index (χ3n) is 2.85. The van der Waals surface area contributed by atoms with Crippen LogP contribution in [0.25, 0.3) is 11.5 Å². The molecular weight excluding hydrogens is 232 g/mol. The van der Waals surface area contributed by atoms with Gasteiger partial charge in [-0.25, -0.2) is 9.97 Å². The van der Waals surface area contributed by atoms with Gasteiger partial charge in [0.1, 0.15) is 6.33 Å². The number of rotatable bonds is 3. The maximum Gasteiger partial charge on any atom is 0.261 e. The Hall–Kier alpha value is -1.86. The molecule has 2 aromatic heterocycles. The fourth-order valence-electron chi connectivity index (χ4n) is 1.91. The van der Waals surface area contributed by atoms with E-state index in [2.05, 4.69) is 30.3 Å². The molecule has 7 nitrogen and oxygen atoms in total. The predicted molar refractivity (Wildman–Crippen MR) is 63.5 cm³/mol. The highest BCUT2D eigenvalue weighted by atomic mass is 16.5. The van der Waals surface area contributed by atoms with Crippen molar-refractivity contribution in [1.29, 1.82) is 0 Å². The first-order valence-corrected chi connectivity index (χ1v) is 5.93. The first-order valence-electron chi connectivity index (χ1n) is 5.93. The van der Waals surface area contributed by atoms with E-state index >= 15 is 0 Å². The molecule has 0 amide bonds. The fourth-order valence-corrected chi connectivity index (χ4v) is 1.91. The summed E-state index contributed by atoms with van der Waals surface area (Å²) in [6.07, 6.45) is 4.80. The second-order valence-electron chi connectivity index (χ2n) is 4.17. The van der Waals surface area contributed by atoms with E-state index in [-0.39, 0.29) is 0 Å². The van der Waals surface area contributed by atoms with Gasteiger partial charge in [0.2, 0.25) is 0 Å².